The van der Waals surface area contributed by atoms with Gasteiger partial charge >= 0.3 is 7.82 Å². The van der Waals surface area contributed by atoms with E-state index in [1.165, 1.54) is 0 Å². The molecule has 2 aromatic carbocycles. The van der Waals surface area contributed by atoms with Crippen LogP contribution in [-0.2, 0) is 11.0 Å². The lowest BCUT2D eigenvalue weighted by Crippen LogP contribution is -2.08. The van der Waals surface area contributed by atoms with E-state index in [-0.39, 0.29) is 5.75 Å². The Hall–Kier alpha value is -1.81. The molecule has 0 aliphatic carbocycles. The van der Waals surface area contributed by atoms with Crippen LogP contribution in [0.15, 0.2) is 42.5 Å². The Morgan fingerprint density at radius 1 is 1.05 bits per heavy atom. The van der Waals surface area contributed by atoms with Crippen molar-refractivity contribution >= 4 is 19.2 Å². The zero-order valence-corrected chi connectivity index (χ0v) is 10.8. The predicted octanol–water partition coefficient (Wildman–Crippen LogP) is 2.81. The smallest absolute Gasteiger partial charge is 0.402 e. The summed E-state index contributed by atoms with van der Waals surface area (Å²) >= 11 is 0. The van der Waals surface area contributed by atoms with Crippen LogP contribution in [0, 0.1) is 0 Å². The van der Waals surface area contributed by atoms with Crippen LogP contribution in [0.4, 0.5) is 11.4 Å². The summed E-state index contributed by atoms with van der Waals surface area (Å²) in [6, 6.07) is 13.0. The number of hydrogen-bond donors (Lipinski definition) is 3. The summed E-state index contributed by atoms with van der Waals surface area (Å²) in [6.07, 6.45) is 0.705. The standard InChI is InChI=1S/C13H12NO4P/c15-19(16,17)18-12-7-3-5-10-8-9-4-1-2-6-11(9)14-13(10)12/h1-7,14H,8H2,(H2,15,16,17). The molecule has 1 aliphatic rings. The van der Waals surface area contributed by atoms with E-state index in [2.05, 4.69) is 5.32 Å². The van der Waals surface area contributed by atoms with Crippen LogP contribution in [0.3, 0.4) is 0 Å². The van der Waals surface area contributed by atoms with Gasteiger partial charge in [-0.2, -0.15) is 0 Å². The van der Waals surface area contributed by atoms with Gasteiger partial charge < -0.3 is 9.84 Å². The molecule has 0 bridgehead atoms. The second-order valence-electron chi connectivity index (χ2n) is 4.33. The molecular formula is C13H12NO4P. The van der Waals surface area contributed by atoms with Crippen molar-refractivity contribution in [1.82, 2.24) is 0 Å². The molecule has 0 atom stereocenters. The molecule has 0 radical (unpaired) electrons. The van der Waals surface area contributed by atoms with Crippen molar-refractivity contribution in [1.29, 1.82) is 0 Å². The third-order valence-electron chi connectivity index (χ3n) is 2.99. The minimum absolute atomic E-state index is 0.167. The molecule has 3 rings (SSSR count). The minimum Gasteiger partial charge on any atom is -0.402 e. The minimum atomic E-state index is -4.56. The molecule has 98 valence electrons. The van der Waals surface area contributed by atoms with Gasteiger partial charge in [-0.15, -0.1) is 0 Å². The molecule has 3 N–H and O–H groups in total. The quantitative estimate of drug-likeness (QED) is 0.628. The van der Waals surface area contributed by atoms with Gasteiger partial charge in [-0.3, -0.25) is 9.79 Å². The number of anilines is 2. The summed E-state index contributed by atoms with van der Waals surface area (Å²) < 4.78 is 15.7. The Labute approximate surface area is 110 Å². The molecule has 2 aromatic rings. The number of para-hydroxylation sites is 2. The van der Waals surface area contributed by atoms with E-state index in [1.807, 2.05) is 30.3 Å². The number of rotatable bonds is 2. The highest BCUT2D eigenvalue weighted by Crippen LogP contribution is 2.45. The van der Waals surface area contributed by atoms with Gasteiger partial charge in [0.25, 0.3) is 0 Å². The number of nitrogens with one attached hydrogen (secondary N) is 1. The van der Waals surface area contributed by atoms with E-state index in [4.69, 9.17) is 14.3 Å². The Morgan fingerprint density at radius 3 is 2.58 bits per heavy atom. The highest BCUT2D eigenvalue weighted by atomic mass is 31.2. The zero-order valence-electron chi connectivity index (χ0n) is 9.91. The van der Waals surface area contributed by atoms with Crippen molar-refractivity contribution in [2.24, 2.45) is 0 Å². The molecule has 0 fully saturated rings. The van der Waals surface area contributed by atoms with E-state index in [0.717, 1.165) is 16.8 Å². The fourth-order valence-electron chi connectivity index (χ4n) is 2.21. The molecular weight excluding hydrogens is 265 g/mol. The van der Waals surface area contributed by atoms with E-state index in [0.29, 0.717) is 12.1 Å². The molecule has 6 heteroatoms. The molecule has 0 aromatic heterocycles. The SMILES string of the molecule is O=P(O)(O)Oc1cccc2c1Nc1ccccc1C2. The van der Waals surface area contributed by atoms with Crippen molar-refractivity contribution < 1.29 is 18.9 Å². The molecule has 0 saturated carbocycles. The third-order valence-corrected chi connectivity index (χ3v) is 3.42. The van der Waals surface area contributed by atoms with Gasteiger partial charge in [0.1, 0.15) is 0 Å². The zero-order chi connectivity index (χ0) is 13.5. The van der Waals surface area contributed by atoms with Crippen molar-refractivity contribution in [3.05, 3.63) is 53.6 Å². The average Bonchev–Trinajstić information content (AvgIpc) is 2.35. The Balaban J connectivity index is 2.04. The normalized spacial score (nSPS) is 13.2. The lowest BCUT2D eigenvalue weighted by atomic mass is 9.97. The molecule has 1 aliphatic heterocycles. The fourth-order valence-corrected chi connectivity index (χ4v) is 2.61. The van der Waals surface area contributed by atoms with Crippen molar-refractivity contribution in [3.8, 4) is 5.75 Å². The summed E-state index contributed by atoms with van der Waals surface area (Å²) in [7, 11) is -4.56. The van der Waals surface area contributed by atoms with Gasteiger partial charge in [-0.25, -0.2) is 4.57 Å². The first-order chi connectivity index (χ1) is 9.03. The summed E-state index contributed by atoms with van der Waals surface area (Å²) in [5, 5.41) is 3.16. The van der Waals surface area contributed by atoms with Gasteiger partial charge in [0.2, 0.25) is 0 Å². The van der Waals surface area contributed by atoms with Gasteiger partial charge in [-0.05, 0) is 23.3 Å². The molecule has 1 heterocycles. The van der Waals surface area contributed by atoms with Gasteiger partial charge in [0.15, 0.2) is 5.75 Å². The molecule has 5 nitrogen and oxygen atoms in total. The second-order valence-corrected chi connectivity index (χ2v) is 5.49. The van der Waals surface area contributed by atoms with Crippen LogP contribution in [0.5, 0.6) is 5.75 Å². The van der Waals surface area contributed by atoms with Crippen molar-refractivity contribution in [2.45, 2.75) is 6.42 Å². The maximum absolute atomic E-state index is 11.0. The maximum atomic E-state index is 11.0. The van der Waals surface area contributed by atoms with Gasteiger partial charge in [0, 0.05) is 12.1 Å². The fraction of sp³-hybridized carbons (Fsp3) is 0.0769. The van der Waals surface area contributed by atoms with Gasteiger partial charge in [-0.1, -0.05) is 30.3 Å². The van der Waals surface area contributed by atoms with E-state index in [1.54, 1.807) is 12.1 Å². The number of hydrogen-bond acceptors (Lipinski definition) is 3. The molecule has 0 unspecified atom stereocenters. The highest BCUT2D eigenvalue weighted by molar-refractivity contribution is 7.46. The molecule has 19 heavy (non-hydrogen) atoms. The number of phosphoric acid groups is 1. The number of fused-ring (bicyclic) bond motifs is 2. The number of benzene rings is 2. The number of phosphoric ester groups is 1. The van der Waals surface area contributed by atoms with Crippen LogP contribution >= 0.6 is 7.82 Å². The van der Waals surface area contributed by atoms with E-state index < -0.39 is 7.82 Å². The van der Waals surface area contributed by atoms with Gasteiger partial charge in [0.05, 0.1) is 5.69 Å². The average molecular weight is 277 g/mol. The molecule has 0 spiro atoms. The highest BCUT2D eigenvalue weighted by Gasteiger charge is 2.23. The Kier molecular flexibility index (Phi) is 2.82. The first kappa shape index (κ1) is 12.2. The summed E-state index contributed by atoms with van der Waals surface area (Å²) in [5.74, 6) is 0.167. The topological polar surface area (TPSA) is 78.8 Å². The first-order valence-corrected chi connectivity index (χ1v) is 7.28. The lowest BCUT2D eigenvalue weighted by molar-refractivity contribution is 0.283. The predicted molar refractivity (Wildman–Crippen MR) is 71.6 cm³/mol. The Morgan fingerprint density at radius 2 is 1.79 bits per heavy atom. The van der Waals surface area contributed by atoms with E-state index >= 15 is 0 Å². The first-order valence-electron chi connectivity index (χ1n) is 5.75. The van der Waals surface area contributed by atoms with Crippen molar-refractivity contribution in [2.75, 3.05) is 5.32 Å². The van der Waals surface area contributed by atoms with Crippen LogP contribution < -0.4 is 9.84 Å². The third kappa shape index (κ3) is 2.49. The second kappa shape index (κ2) is 4.38. The van der Waals surface area contributed by atoms with Crippen LogP contribution in [0.2, 0.25) is 0 Å². The van der Waals surface area contributed by atoms with Crippen molar-refractivity contribution in [3.63, 3.8) is 0 Å². The largest absolute Gasteiger partial charge is 0.524 e. The Bertz CT molecular complexity index is 680. The summed E-state index contributed by atoms with van der Waals surface area (Å²) in [6.45, 7) is 0. The summed E-state index contributed by atoms with van der Waals surface area (Å²) in [4.78, 5) is 17.9. The monoisotopic (exact) mass is 277 g/mol. The maximum Gasteiger partial charge on any atom is 0.524 e. The van der Waals surface area contributed by atoms with E-state index in [9.17, 15) is 4.57 Å². The lowest BCUT2D eigenvalue weighted by Gasteiger charge is -2.23. The summed E-state index contributed by atoms with van der Waals surface area (Å²) in [5.41, 5.74) is 3.63. The molecule has 0 saturated heterocycles. The van der Waals surface area contributed by atoms with Crippen LogP contribution in [0.25, 0.3) is 0 Å². The molecule has 0 amide bonds. The van der Waals surface area contributed by atoms with Crippen LogP contribution in [0.1, 0.15) is 11.1 Å². The van der Waals surface area contributed by atoms with Crippen LogP contribution in [-0.4, -0.2) is 9.79 Å².